The Hall–Kier alpha value is 2.42. The van der Waals surface area contributed by atoms with Gasteiger partial charge in [-0.2, -0.15) is 17.7 Å². The maximum atomic E-state index is 8.67. The summed E-state index contributed by atoms with van der Waals surface area (Å²) in [4.78, 5) is 0. The molecule has 0 fully saturated rings. The van der Waals surface area contributed by atoms with Crippen molar-refractivity contribution in [2.75, 3.05) is 0 Å². The van der Waals surface area contributed by atoms with Crippen LogP contribution in [0.3, 0.4) is 0 Å². The fraction of sp³-hybridized carbons (Fsp3) is 0. The molecule has 0 unspecified atom stereocenters. The molecule has 0 aliphatic rings. The Balaban J connectivity index is -0.0000000150. The van der Waals surface area contributed by atoms with Gasteiger partial charge >= 0.3 is 59.1 Å². The average molecular weight is 164 g/mol. The third-order valence-electron chi connectivity index (χ3n) is 0. The van der Waals surface area contributed by atoms with E-state index in [9.17, 15) is 0 Å². The van der Waals surface area contributed by atoms with E-state index in [0.29, 0.717) is 0 Å². The Bertz CT molecular complexity index is 33.9. The molecule has 3 nitrogen and oxygen atoms in total. The summed E-state index contributed by atoms with van der Waals surface area (Å²) in [5, 5.41) is 0. The van der Waals surface area contributed by atoms with Crippen molar-refractivity contribution in [1.29, 1.82) is 0 Å². The molecule has 2 N–H and O–H groups in total. The number of hydrogen-bond donors (Lipinski definition) is 2. The van der Waals surface area contributed by atoms with Crippen molar-refractivity contribution in [3.05, 3.63) is 0 Å². The average Bonchev–Trinajstić information content (AvgIpc) is 0.811. The van der Waals surface area contributed by atoms with Crippen LogP contribution in [0.25, 0.3) is 0 Å². The van der Waals surface area contributed by atoms with Gasteiger partial charge in [0.25, 0.3) is 11.4 Å². The van der Waals surface area contributed by atoms with Crippen molar-refractivity contribution >= 4 is 84.0 Å². The van der Waals surface area contributed by atoms with E-state index in [2.05, 4.69) is 0 Å². The topological polar surface area (TPSA) is 57.5 Å². The molecule has 0 radical (unpaired) electrons. The van der Waals surface area contributed by atoms with Crippen LogP contribution in [0.1, 0.15) is 0 Å². The van der Waals surface area contributed by atoms with Crippen molar-refractivity contribution in [3.8, 4) is 0 Å². The molecule has 0 aromatic rings. The van der Waals surface area contributed by atoms with Crippen LogP contribution in [0.5, 0.6) is 0 Å². The molecule has 0 bridgehead atoms. The normalized spacial score (nSPS) is 5.00. The molecule has 0 atom stereocenters. The second-order valence-corrected chi connectivity index (χ2v) is 0.692. The van der Waals surface area contributed by atoms with Crippen LogP contribution in [-0.4, -0.2) is 72.4 Å². The van der Waals surface area contributed by atoms with Crippen molar-refractivity contribution in [2.24, 2.45) is 0 Å². The van der Waals surface area contributed by atoms with E-state index in [1.54, 1.807) is 0 Å². The van der Waals surface area contributed by atoms with Crippen molar-refractivity contribution in [1.82, 2.24) is 0 Å². The molecule has 38 valence electrons. The van der Waals surface area contributed by atoms with Gasteiger partial charge in [0, 0.05) is 0 Å². The van der Waals surface area contributed by atoms with Crippen molar-refractivity contribution in [3.63, 3.8) is 0 Å². The van der Waals surface area contributed by atoms with Gasteiger partial charge in [0.2, 0.25) is 0 Å². The van der Waals surface area contributed by atoms with Crippen LogP contribution >= 0.6 is 13.5 Å². The third kappa shape index (κ3) is 59.3. The van der Waals surface area contributed by atoms with E-state index in [-0.39, 0.29) is 72.6 Å². The van der Waals surface area contributed by atoms with Gasteiger partial charge in [-0.15, -0.1) is 0 Å². The zero-order valence-corrected chi connectivity index (χ0v) is 4.03. The van der Waals surface area contributed by atoms with Gasteiger partial charge in [-0.3, -0.25) is 9.11 Å². The quantitative estimate of drug-likeness (QED) is 0.338. The summed E-state index contributed by atoms with van der Waals surface area (Å²) in [6.45, 7) is 0. The van der Waals surface area contributed by atoms with Crippen LogP contribution < -0.4 is 0 Å². The monoisotopic (exact) mass is 164 g/mol. The van der Waals surface area contributed by atoms with Crippen molar-refractivity contribution in [2.45, 2.75) is 0 Å². The second-order valence-electron chi connectivity index (χ2n) is 0.231. The molecule has 0 saturated heterocycles. The van der Waals surface area contributed by atoms with Gasteiger partial charge in [-0.25, -0.2) is 0 Å². The Morgan fingerprint density at radius 3 is 1.14 bits per heavy atom. The predicted molar refractivity (Wildman–Crippen MR) is 38.1 cm³/mol. The summed E-state index contributed by atoms with van der Waals surface area (Å²) < 4.78 is 22.8. The van der Waals surface area contributed by atoms with Crippen LogP contribution in [0, 0.1) is 0 Å². The molecule has 0 heterocycles. The molecular weight excluding hydrogens is 158 g/mol. The summed E-state index contributed by atoms with van der Waals surface area (Å²) in [6.07, 6.45) is 0. The first-order valence-corrected chi connectivity index (χ1v) is 1.60. The SMILES string of the molecule is O=S(O)O.S.[NaH].[NaH]. The van der Waals surface area contributed by atoms with E-state index in [0.717, 1.165) is 0 Å². The third-order valence-corrected chi connectivity index (χ3v) is 0. The first-order chi connectivity index (χ1) is 1.73. The molecule has 0 amide bonds. The first kappa shape index (κ1) is 22.7. The minimum atomic E-state index is -2.61. The van der Waals surface area contributed by atoms with Gasteiger partial charge < -0.3 is 0 Å². The minimum absolute atomic E-state index is 0. The fourth-order valence-electron chi connectivity index (χ4n) is 0. The zero-order valence-electron chi connectivity index (χ0n) is 2.21. The molecule has 7 heavy (non-hydrogen) atoms. The Labute approximate surface area is 95.8 Å². The molecule has 0 saturated carbocycles. The van der Waals surface area contributed by atoms with Gasteiger partial charge in [0.05, 0.1) is 0 Å². The van der Waals surface area contributed by atoms with E-state index < -0.39 is 11.4 Å². The van der Waals surface area contributed by atoms with Gasteiger partial charge in [0.15, 0.2) is 0 Å². The van der Waals surface area contributed by atoms with Crippen molar-refractivity contribution < 1.29 is 13.3 Å². The molecule has 0 aliphatic carbocycles. The summed E-state index contributed by atoms with van der Waals surface area (Å²) in [5.74, 6) is 0. The Morgan fingerprint density at radius 2 is 1.14 bits per heavy atom. The van der Waals surface area contributed by atoms with Gasteiger partial charge in [-0.1, -0.05) is 0 Å². The predicted octanol–water partition coefficient (Wildman–Crippen LogP) is -1.50. The van der Waals surface area contributed by atoms with E-state index in [4.69, 9.17) is 13.3 Å². The van der Waals surface area contributed by atoms with Crippen LogP contribution in [-0.2, 0) is 11.4 Å². The fourth-order valence-corrected chi connectivity index (χ4v) is 0. The molecule has 0 spiro atoms. The van der Waals surface area contributed by atoms with E-state index in [1.165, 1.54) is 0 Å². The first-order valence-electron chi connectivity index (χ1n) is 0.532. The van der Waals surface area contributed by atoms with E-state index in [1.807, 2.05) is 0 Å². The molecule has 7 heteroatoms. The van der Waals surface area contributed by atoms with Gasteiger partial charge in [-0.05, 0) is 0 Å². The van der Waals surface area contributed by atoms with Crippen LogP contribution in [0.2, 0.25) is 0 Å². The Morgan fingerprint density at radius 1 is 1.14 bits per heavy atom. The summed E-state index contributed by atoms with van der Waals surface area (Å²) in [6, 6.07) is 0. The van der Waals surface area contributed by atoms with Crippen LogP contribution in [0.4, 0.5) is 0 Å². The second kappa shape index (κ2) is 15.8. The molecule has 0 aliphatic heterocycles. The summed E-state index contributed by atoms with van der Waals surface area (Å²) in [7, 11) is 0. The molecule has 0 aromatic heterocycles. The number of rotatable bonds is 0. The Kier molecular flexibility index (Phi) is 51.3. The molecule has 0 aromatic carbocycles. The summed E-state index contributed by atoms with van der Waals surface area (Å²) in [5.41, 5.74) is 0. The zero-order chi connectivity index (χ0) is 3.58. The van der Waals surface area contributed by atoms with Crippen LogP contribution in [0.15, 0.2) is 0 Å². The molecule has 0 rings (SSSR count). The standard InChI is InChI=1S/2Na.H2O3S.H2S.2H/c;;1-4(2)3;;;/h;;(H2,1,2,3);1H2;;. The van der Waals surface area contributed by atoms with E-state index >= 15 is 0 Å². The summed E-state index contributed by atoms with van der Waals surface area (Å²) >= 11 is -2.61. The maximum absolute atomic E-state index is 8.67. The number of hydrogen-bond acceptors (Lipinski definition) is 1. The molecular formula is H6Na2O3S2. The van der Waals surface area contributed by atoms with Gasteiger partial charge in [0.1, 0.15) is 0 Å².